The summed E-state index contributed by atoms with van der Waals surface area (Å²) in [4.78, 5) is 29.0. The number of fused-ring (bicyclic) bond motifs is 1. The van der Waals surface area contributed by atoms with E-state index >= 15 is 4.39 Å². The van der Waals surface area contributed by atoms with E-state index in [1.54, 1.807) is 42.5 Å². The first kappa shape index (κ1) is 25.8. The number of methoxy groups -OCH3 is 1. The number of hydrogen-bond acceptors (Lipinski definition) is 5. The zero-order valence-electron chi connectivity index (χ0n) is 21.3. The van der Waals surface area contributed by atoms with Crippen LogP contribution in [-0.2, 0) is 16.1 Å². The second kappa shape index (κ2) is 10.8. The Balaban J connectivity index is 1.85. The summed E-state index contributed by atoms with van der Waals surface area (Å²) < 4.78 is 22.1. The number of carbonyl (C=O) groups excluding carboxylic acids is 2. The van der Waals surface area contributed by atoms with E-state index < -0.39 is 29.2 Å². The van der Waals surface area contributed by atoms with Crippen molar-refractivity contribution in [3.63, 3.8) is 0 Å². The molecule has 192 valence electrons. The lowest BCUT2D eigenvalue weighted by Crippen LogP contribution is -2.51. The molecule has 4 rings (SSSR count). The second-order valence-corrected chi connectivity index (χ2v) is 9.36. The molecule has 1 aromatic heterocycles. The zero-order chi connectivity index (χ0) is 26.6. The van der Waals surface area contributed by atoms with Gasteiger partial charge in [0.05, 0.1) is 18.3 Å². The lowest BCUT2D eigenvalue weighted by Gasteiger charge is -2.34. The van der Waals surface area contributed by atoms with Gasteiger partial charge in [-0.05, 0) is 62.2 Å². The van der Waals surface area contributed by atoms with Crippen LogP contribution in [-0.4, -0.2) is 39.5 Å². The molecule has 0 saturated carbocycles. The number of halogens is 1. The summed E-state index contributed by atoms with van der Waals surface area (Å²) >= 11 is 0. The summed E-state index contributed by atoms with van der Waals surface area (Å²) in [5.41, 5.74) is 1.18. The number of hydrogen-bond donors (Lipinski definition) is 1. The first-order valence-corrected chi connectivity index (χ1v) is 12.0. The fraction of sp³-hybridized carbons (Fsp3) is 0.286. The quantitative estimate of drug-likeness (QED) is 0.359. The molecule has 2 amide bonds. The number of rotatable bonds is 9. The Kier molecular flexibility index (Phi) is 7.52. The summed E-state index contributed by atoms with van der Waals surface area (Å²) in [7, 11) is 1.52. The van der Waals surface area contributed by atoms with Crippen LogP contribution in [0.3, 0.4) is 0 Å². The molecule has 0 aliphatic rings. The van der Waals surface area contributed by atoms with Crippen molar-refractivity contribution in [3.05, 3.63) is 84.2 Å². The third-order valence-corrected chi connectivity index (χ3v) is 6.35. The highest BCUT2D eigenvalue weighted by Crippen LogP contribution is 2.32. The summed E-state index contributed by atoms with van der Waals surface area (Å²) in [5, 5.41) is 11.3. The maximum Gasteiger partial charge on any atom is 0.249 e. The van der Waals surface area contributed by atoms with Gasteiger partial charge in [0.25, 0.3) is 0 Å². The van der Waals surface area contributed by atoms with Crippen LogP contribution in [0.15, 0.2) is 72.8 Å². The van der Waals surface area contributed by atoms with Crippen LogP contribution < -0.4 is 15.0 Å². The van der Waals surface area contributed by atoms with Crippen molar-refractivity contribution in [2.45, 2.75) is 45.3 Å². The molecule has 9 heteroatoms. The largest absolute Gasteiger partial charge is 0.497 e. The van der Waals surface area contributed by atoms with Gasteiger partial charge in [0.15, 0.2) is 0 Å². The van der Waals surface area contributed by atoms with E-state index in [0.29, 0.717) is 28.8 Å². The molecule has 37 heavy (non-hydrogen) atoms. The number of benzene rings is 3. The molecule has 8 nitrogen and oxygen atoms in total. The Morgan fingerprint density at radius 1 is 1.08 bits per heavy atom. The van der Waals surface area contributed by atoms with Gasteiger partial charge in [0.1, 0.15) is 29.7 Å². The van der Waals surface area contributed by atoms with Gasteiger partial charge in [0.2, 0.25) is 11.8 Å². The van der Waals surface area contributed by atoms with Gasteiger partial charge in [-0.1, -0.05) is 48.5 Å². The van der Waals surface area contributed by atoms with Gasteiger partial charge in [-0.25, -0.2) is 9.07 Å². The van der Waals surface area contributed by atoms with Gasteiger partial charge in [-0.2, -0.15) is 0 Å². The Bertz CT molecular complexity index is 1420. The number of carbonyl (C=O) groups is 2. The molecular formula is C28H30FN5O3. The van der Waals surface area contributed by atoms with Crippen molar-refractivity contribution in [3.8, 4) is 5.75 Å². The molecule has 1 heterocycles. The summed E-state index contributed by atoms with van der Waals surface area (Å²) in [5.74, 6) is -1.10. The SMILES string of the molecule is CCC(C)(C)NC(=O)C(c1cccc(OC)c1)N(C(=O)Cn1nnc2ccccc21)c1ccccc1F. The minimum Gasteiger partial charge on any atom is -0.497 e. The summed E-state index contributed by atoms with van der Waals surface area (Å²) in [6.07, 6.45) is 0.655. The van der Waals surface area contributed by atoms with Crippen molar-refractivity contribution in [2.24, 2.45) is 0 Å². The van der Waals surface area contributed by atoms with Crippen molar-refractivity contribution < 1.29 is 18.7 Å². The maximum atomic E-state index is 15.2. The van der Waals surface area contributed by atoms with Crippen molar-refractivity contribution in [2.75, 3.05) is 12.0 Å². The predicted molar refractivity (Wildman–Crippen MR) is 140 cm³/mol. The molecule has 1 atom stereocenters. The third-order valence-electron chi connectivity index (χ3n) is 6.35. The number of para-hydroxylation sites is 2. The second-order valence-electron chi connectivity index (χ2n) is 9.36. The Morgan fingerprint density at radius 3 is 2.54 bits per heavy atom. The van der Waals surface area contributed by atoms with E-state index in [0.717, 1.165) is 0 Å². The highest BCUT2D eigenvalue weighted by atomic mass is 19.1. The van der Waals surface area contributed by atoms with Crippen LogP contribution in [0.1, 0.15) is 38.8 Å². The third kappa shape index (κ3) is 5.61. The van der Waals surface area contributed by atoms with E-state index in [1.807, 2.05) is 32.9 Å². The molecule has 1 unspecified atom stereocenters. The number of aromatic nitrogens is 3. The molecule has 0 spiro atoms. The van der Waals surface area contributed by atoms with E-state index in [4.69, 9.17) is 4.74 Å². The highest BCUT2D eigenvalue weighted by Gasteiger charge is 2.36. The first-order valence-electron chi connectivity index (χ1n) is 12.0. The predicted octanol–water partition coefficient (Wildman–Crippen LogP) is 4.66. The standard InChI is InChI=1S/C28H30FN5O3/c1-5-28(2,3)30-27(36)26(19-11-10-12-20(17-19)37-4)34(23-15-8-6-13-21(23)29)25(35)18-33-24-16-9-7-14-22(24)31-32-33/h6-17,26H,5,18H2,1-4H3,(H,30,36). The van der Waals surface area contributed by atoms with Crippen LogP contribution in [0.25, 0.3) is 11.0 Å². The molecule has 0 radical (unpaired) electrons. The molecule has 0 aliphatic heterocycles. The molecule has 4 aromatic rings. The topological polar surface area (TPSA) is 89.4 Å². The molecule has 1 N–H and O–H groups in total. The van der Waals surface area contributed by atoms with E-state index in [9.17, 15) is 9.59 Å². The average molecular weight is 504 g/mol. The Morgan fingerprint density at radius 2 is 1.81 bits per heavy atom. The average Bonchev–Trinajstić information content (AvgIpc) is 3.30. The van der Waals surface area contributed by atoms with Crippen LogP contribution >= 0.6 is 0 Å². The van der Waals surface area contributed by atoms with E-state index in [1.165, 1.54) is 34.9 Å². The number of ether oxygens (including phenoxy) is 1. The maximum absolute atomic E-state index is 15.2. The molecule has 0 fully saturated rings. The molecule has 0 aliphatic carbocycles. The van der Waals surface area contributed by atoms with Crippen LogP contribution in [0.4, 0.5) is 10.1 Å². The van der Waals surface area contributed by atoms with Gasteiger partial charge in [0, 0.05) is 5.54 Å². The Hall–Kier alpha value is -4.27. The smallest absolute Gasteiger partial charge is 0.249 e. The van der Waals surface area contributed by atoms with Crippen molar-refractivity contribution >= 4 is 28.5 Å². The van der Waals surface area contributed by atoms with Crippen LogP contribution in [0, 0.1) is 5.82 Å². The molecule has 0 saturated heterocycles. The van der Waals surface area contributed by atoms with Gasteiger partial charge >= 0.3 is 0 Å². The molecule has 0 bridgehead atoms. The fourth-order valence-corrected chi connectivity index (χ4v) is 4.02. The minimum atomic E-state index is -1.18. The normalized spacial score (nSPS) is 12.2. The van der Waals surface area contributed by atoms with Gasteiger partial charge in [-0.3, -0.25) is 14.5 Å². The minimum absolute atomic E-state index is 0.0193. The summed E-state index contributed by atoms with van der Waals surface area (Å²) in [6, 6.07) is 18.8. The summed E-state index contributed by atoms with van der Waals surface area (Å²) in [6.45, 7) is 5.49. The Labute approximate surface area is 215 Å². The molecule has 3 aromatic carbocycles. The molecular weight excluding hydrogens is 473 g/mol. The van der Waals surface area contributed by atoms with Gasteiger partial charge in [-0.15, -0.1) is 5.10 Å². The number of amides is 2. The van der Waals surface area contributed by atoms with Crippen molar-refractivity contribution in [1.82, 2.24) is 20.3 Å². The number of nitrogens with zero attached hydrogens (tertiary/aromatic N) is 4. The monoisotopic (exact) mass is 503 g/mol. The van der Waals surface area contributed by atoms with E-state index in [-0.39, 0.29) is 12.2 Å². The number of anilines is 1. The van der Waals surface area contributed by atoms with E-state index in [2.05, 4.69) is 15.6 Å². The fourth-order valence-electron chi connectivity index (χ4n) is 4.02. The lowest BCUT2D eigenvalue weighted by molar-refractivity contribution is -0.128. The lowest BCUT2D eigenvalue weighted by atomic mass is 9.98. The first-order chi connectivity index (χ1) is 17.7. The van der Waals surface area contributed by atoms with Crippen LogP contribution in [0.2, 0.25) is 0 Å². The number of nitrogens with one attached hydrogen (secondary N) is 1. The zero-order valence-corrected chi connectivity index (χ0v) is 21.3. The van der Waals surface area contributed by atoms with Crippen molar-refractivity contribution in [1.29, 1.82) is 0 Å². The highest BCUT2D eigenvalue weighted by molar-refractivity contribution is 6.01. The van der Waals surface area contributed by atoms with Gasteiger partial charge < -0.3 is 10.1 Å². The van der Waals surface area contributed by atoms with Crippen LogP contribution in [0.5, 0.6) is 5.75 Å².